The van der Waals surface area contributed by atoms with Crippen molar-refractivity contribution in [3.8, 4) is 5.75 Å². The van der Waals surface area contributed by atoms with Gasteiger partial charge < -0.3 is 20.5 Å². The summed E-state index contributed by atoms with van der Waals surface area (Å²) >= 11 is 0. The molecular formula is C16H21N5O3. The van der Waals surface area contributed by atoms with Gasteiger partial charge in [-0.1, -0.05) is 18.2 Å². The molecule has 24 heavy (non-hydrogen) atoms. The van der Waals surface area contributed by atoms with Crippen LogP contribution in [-0.4, -0.2) is 45.2 Å². The summed E-state index contributed by atoms with van der Waals surface area (Å²) in [5, 5.41) is 18.8. The fourth-order valence-corrected chi connectivity index (χ4v) is 2.71. The molecule has 128 valence electrons. The number of aliphatic hydroxyl groups excluding tert-OH is 1. The number of urea groups is 1. The lowest BCUT2D eigenvalue weighted by atomic mass is 10.1. The first kappa shape index (κ1) is 16.3. The highest BCUT2D eigenvalue weighted by Crippen LogP contribution is 2.17. The Hall–Kier alpha value is -2.61. The molecule has 1 atom stereocenters. The molecule has 8 heteroatoms. The number of amides is 2. The topological polar surface area (TPSA) is 101 Å². The molecular weight excluding hydrogens is 310 g/mol. The van der Waals surface area contributed by atoms with Gasteiger partial charge in [-0.05, 0) is 12.5 Å². The fraction of sp³-hybridized carbons (Fsp3) is 0.438. The monoisotopic (exact) mass is 331 g/mol. The van der Waals surface area contributed by atoms with Crippen molar-refractivity contribution in [3.63, 3.8) is 0 Å². The van der Waals surface area contributed by atoms with Crippen LogP contribution < -0.4 is 15.4 Å². The van der Waals surface area contributed by atoms with Crippen LogP contribution in [0, 0.1) is 0 Å². The van der Waals surface area contributed by atoms with E-state index in [1.165, 1.54) is 0 Å². The zero-order chi connectivity index (χ0) is 16.8. The molecule has 1 aromatic carbocycles. The van der Waals surface area contributed by atoms with E-state index in [2.05, 4.69) is 20.7 Å². The molecule has 1 aromatic heterocycles. The zero-order valence-electron chi connectivity index (χ0n) is 13.3. The molecule has 0 saturated carbocycles. The summed E-state index contributed by atoms with van der Waals surface area (Å²) in [5.74, 6) is 1.63. The van der Waals surface area contributed by atoms with Crippen LogP contribution in [0.15, 0.2) is 30.6 Å². The SMILES string of the molecule is O=C(NCc1ccccc1OCCO)NC1CCc2ncnn2C1. The van der Waals surface area contributed by atoms with Crippen molar-refractivity contribution < 1.29 is 14.6 Å². The van der Waals surface area contributed by atoms with Gasteiger partial charge in [0.05, 0.1) is 19.2 Å². The van der Waals surface area contributed by atoms with Gasteiger partial charge in [-0.3, -0.25) is 0 Å². The molecule has 0 spiro atoms. The number of ether oxygens (including phenoxy) is 1. The second-order valence-electron chi connectivity index (χ2n) is 5.60. The summed E-state index contributed by atoms with van der Waals surface area (Å²) in [6.07, 6.45) is 3.20. The minimum atomic E-state index is -0.222. The highest BCUT2D eigenvalue weighted by molar-refractivity contribution is 5.74. The van der Waals surface area contributed by atoms with Crippen LogP contribution in [0.1, 0.15) is 17.8 Å². The van der Waals surface area contributed by atoms with E-state index in [9.17, 15) is 4.79 Å². The Morgan fingerprint density at radius 2 is 2.29 bits per heavy atom. The second-order valence-corrected chi connectivity index (χ2v) is 5.60. The molecule has 0 aliphatic carbocycles. The number of fused-ring (bicyclic) bond motifs is 1. The number of nitrogens with zero attached hydrogens (tertiary/aromatic N) is 3. The number of hydrogen-bond acceptors (Lipinski definition) is 5. The third-order valence-electron chi connectivity index (χ3n) is 3.90. The molecule has 0 saturated heterocycles. The van der Waals surface area contributed by atoms with Crippen molar-refractivity contribution >= 4 is 6.03 Å². The van der Waals surface area contributed by atoms with Crippen molar-refractivity contribution in [1.82, 2.24) is 25.4 Å². The average molecular weight is 331 g/mol. The van der Waals surface area contributed by atoms with Gasteiger partial charge in [-0.2, -0.15) is 5.10 Å². The van der Waals surface area contributed by atoms with Crippen molar-refractivity contribution in [2.45, 2.75) is 32.0 Å². The molecule has 3 rings (SSSR count). The van der Waals surface area contributed by atoms with Gasteiger partial charge in [-0.25, -0.2) is 14.5 Å². The predicted octanol–water partition coefficient (Wildman–Crippen LogP) is 0.463. The van der Waals surface area contributed by atoms with Gasteiger partial charge >= 0.3 is 6.03 Å². The Morgan fingerprint density at radius 3 is 3.17 bits per heavy atom. The smallest absolute Gasteiger partial charge is 0.315 e. The van der Waals surface area contributed by atoms with Crippen LogP contribution in [-0.2, 0) is 19.5 Å². The number of hydrogen-bond donors (Lipinski definition) is 3. The van der Waals surface area contributed by atoms with Crippen molar-refractivity contribution in [1.29, 1.82) is 0 Å². The standard InChI is InChI=1S/C16H21N5O3/c22-7-8-24-14-4-2-1-3-12(14)9-17-16(23)20-13-5-6-15-18-11-19-21(15)10-13/h1-4,11,13,22H,5-10H2,(H2,17,20,23). The molecule has 1 unspecified atom stereocenters. The van der Waals surface area contributed by atoms with Crippen molar-refractivity contribution in [2.75, 3.05) is 13.2 Å². The summed E-state index contributed by atoms with van der Waals surface area (Å²) < 4.78 is 7.28. The van der Waals surface area contributed by atoms with E-state index in [0.29, 0.717) is 18.8 Å². The molecule has 2 heterocycles. The summed E-state index contributed by atoms with van der Waals surface area (Å²) in [4.78, 5) is 16.3. The fourth-order valence-electron chi connectivity index (χ4n) is 2.71. The molecule has 3 N–H and O–H groups in total. The number of benzene rings is 1. The second kappa shape index (κ2) is 7.78. The van der Waals surface area contributed by atoms with E-state index < -0.39 is 0 Å². The Bertz CT molecular complexity index is 688. The molecule has 1 aliphatic rings. The lowest BCUT2D eigenvalue weighted by Crippen LogP contribution is -2.45. The first-order chi connectivity index (χ1) is 11.8. The van der Waals surface area contributed by atoms with E-state index in [0.717, 1.165) is 24.2 Å². The van der Waals surface area contributed by atoms with Crippen molar-refractivity contribution in [2.24, 2.45) is 0 Å². The largest absolute Gasteiger partial charge is 0.491 e. The normalized spacial score (nSPS) is 16.3. The highest BCUT2D eigenvalue weighted by atomic mass is 16.5. The van der Waals surface area contributed by atoms with Gasteiger partial charge in [0, 0.05) is 18.5 Å². The number of carbonyl (C=O) groups is 1. The number of aromatic nitrogens is 3. The minimum Gasteiger partial charge on any atom is -0.491 e. The first-order valence-electron chi connectivity index (χ1n) is 7.99. The van der Waals surface area contributed by atoms with Crippen LogP contribution in [0.2, 0.25) is 0 Å². The molecule has 1 aliphatic heterocycles. The van der Waals surface area contributed by atoms with E-state index >= 15 is 0 Å². The van der Waals surface area contributed by atoms with E-state index in [-0.39, 0.29) is 25.3 Å². The lowest BCUT2D eigenvalue weighted by molar-refractivity contribution is 0.200. The van der Waals surface area contributed by atoms with Gasteiger partial charge in [0.15, 0.2) is 0 Å². The lowest BCUT2D eigenvalue weighted by Gasteiger charge is -2.23. The molecule has 8 nitrogen and oxygen atoms in total. The van der Waals surface area contributed by atoms with Gasteiger partial charge in [0.25, 0.3) is 0 Å². The van der Waals surface area contributed by atoms with E-state index in [1.54, 1.807) is 6.33 Å². The summed E-state index contributed by atoms with van der Waals surface area (Å²) in [6, 6.07) is 7.26. The zero-order valence-corrected chi connectivity index (χ0v) is 13.3. The minimum absolute atomic E-state index is 0.0417. The maximum atomic E-state index is 12.1. The molecule has 2 aromatic rings. The van der Waals surface area contributed by atoms with Crippen LogP contribution in [0.5, 0.6) is 5.75 Å². The summed E-state index contributed by atoms with van der Waals surface area (Å²) in [6.45, 7) is 1.17. The van der Waals surface area contributed by atoms with Gasteiger partial charge in [0.1, 0.15) is 24.5 Å². The number of para-hydroxylation sites is 1. The Morgan fingerprint density at radius 1 is 1.42 bits per heavy atom. The van der Waals surface area contributed by atoms with Crippen LogP contribution >= 0.6 is 0 Å². The number of carbonyl (C=O) groups excluding carboxylic acids is 1. The molecule has 0 bridgehead atoms. The van der Waals surface area contributed by atoms with Crippen molar-refractivity contribution in [3.05, 3.63) is 42.0 Å². The predicted molar refractivity (Wildman–Crippen MR) is 86.5 cm³/mol. The van der Waals surface area contributed by atoms with Gasteiger partial charge in [-0.15, -0.1) is 0 Å². The van der Waals surface area contributed by atoms with Gasteiger partial charge in [0.2, 0.25) is 0 Å². The Balaban J connectivity index is 1.50. The number of aryl methyl sites for hydroxylation is 1. The Kier molecular flexibility index (Phi) is 5.27. The third-order valence-corrected chi connectivity index (χ3v) is 3.90. The van der Waals surface area contributed by atoms with Crippen LogP contribution in [0.4, 0.5) is 4.79 Å². The number of rotatable bonds is 6. The van der Waals surface area contributed by atoms with Crippen LogP contribution in [0.25, 0.3) is 0 Å². The average Bonchev–Trinajstić information content (AvgIpc) is 3.06. The van der Waals surface area contributed by atoms with E-state index in [4.69, 9.17) is 9.84 Å². The van der Waals surface area contributed by atoms with Crippen LogP contribution in [0.3, 0.4) is 0 Å². The highest BCUT2D eigenvalue weighted by Gasteiger charge is 2.21. The third kappa shape index (κ3) is 4.02. The van der Waals surface area contributed by atoms with E-state index in [1.807, 2.05) is 28.9 Å². The molecule has 2 amide bonds. The first-order valence-corrected chi connectivity index (χ1v) is 7.99. The quantitative estimate of drug-likeness (QED) is 0.714. The molecule has 0 fully saturated rings. The maximum absolute atomic E-state index is 12.1. The summed E-state index contributed by atoms with van der Waals surface area (Å²) in [7, 11) is 0. The molecule has 0 radical (unpaired) electrons. The Labute approximate surface area is 139 Å². The summed E-state index contributed by atoms with van der Waals surface area (Å²) in [5.41, 5.74) is 0.864. The number of aliphatic hydroxyl groups is 1. The maximum Gasteiger partial charge on any atom is 0.315 e. The number of nitrogens with one attached hydrogen (secondary N) is 2.